The van der Waals surface area contributed by atoms with Crippen molar-refractivity contribution in [2.75, 3.05) is 4.90 Å². The van der Waals surface area contributed by atoms with Crippen LogP contribution >= 0.6 is 0 Å². The van der Waals surface area contributed by atoms with Gasteiger partial charge in [0.25, 0.3) is 11.7 Å². The van der Waals surface area contributed by atoms with Gasteiger partial charge < -0.3 is 5.11 Å². The van der Waals surface area contributed by atoms with E-state index >= 15 is 0 Å². The number of para-hydroxylation sites is 1. The van der Waals surface area contributed by atoms with E-state index in [0.29, 0.717) is 11.3 Å². The zero-order chi connectivity index (χ0) is 19.7. The highest BCUT2D eigenvalue weighted by atomic mass is 19.1. The first-order chi connectivity index (χ1) is 13.6. The highest BCUT2D eigenvalue weighted by Crippen LogP contribution is 2.41. The molecule has 1 amide bonds. The molecule has 1 N–H and O–H groups in total. The van der Waals surface area contributed by atoms with Crippen LogP contribution < -0.4 is 4.90 Å². The molecule has 1 unspecified atom stereocenters. The number of ketones is 1. The number of rotatable bonds is 3. The van der Waals surface area contributed by atoms with Gasteiger partial charge in [-0.1, -0.05) is 36.4 Å². The highest BCUT2D eigenvalue weighted by molar-refractivity contribution is 6.51. The monoisotopic (exact) mass is 374 g/mol. The number of carbonyl (C=O) groups is 2. The molecule has 3 aromatic rings. The predicted molar refractivity (Wildman–Crippen MR) is 102 cm³/mol. The number of pyridine rings is 1. The summed E-state index contributed by atoms with van der Waals surface area (Å²) in [6, 6.07) is 18.2. The van der Waals surface area contributed by atoms with E-state index in [4.69, 9.17) is 0 Å². The molecule has 1 saturated heterocycles. The molecule has 1 atom stereocenters. The van der Waals surface area contributed by atoms with Crippen molar-refractivity contribution in [2.24, 2.45) is 0 Å². The highest BCUT2D eigenvalue weighted by Gasteiger charge is 2.47. The Morgan fingerprint density at radius 1 is 0.929 bits per heavy atom. The van der Waals surface area contributed by atoms with Crippen molar-refractivity contribution in [1.82, 2.24) is 4.98 Å². The molecular formula is C22H15FN2O3. The number of carbonyl (C=O) groups excluding carboxylic acids is 2. The van der Waals surface area contributed by atoms with Crippen LogP contribution in [0.1, 0.15) is 17.3 Å². The predicted octanol–water partition coefficient (Wildman–Crippen LogP) is 3.85. The molecule has 5 nitrogen and oxygen atoms in total. The smallest absolute Gasteiger partial charge is 0.300 e. The molecular weight excluding hydrogens is 359 g/mol. The Bertz CT molecular complexity index is 1060. The van der Waals surface area contributed by atoms with Gasteiger partial charge in [0.1, 0.15) is 11.5 Å². The molecule has 2 heterocycles. The van der Waals surface area contributed by atoms with Crippen LogP contribution in [-0.2, 0) is 9.59 Å². The summed E-state index contributed by atoms with van der Waals surface area (Å²) in [6.45, 7) is 0. The van der Waals surface area contributed by atoms with E-state index < -0.39 is 23.5 Å². The Morgan fingerprint density at radius 2 is 1.61 bits per heavy atom. The molecule has 4 rings (SSSR count). The minimum Gasteiger partial charge on any atom is -0.505 e. The SMILES string of the molecule is O=C1C(=O)N(c2ccccc2)C(c2ccc(F)cc2)/C1=C(/O)c1ccccn1. The fourth-order valence-electron chi connectivity index (χ4n) is 3.29. The lowest BCUT2D eigenvalue weighted by molar-refractivity contribution is -0.132. The second kappa shape index (κ2) is 7.08. The summed E-state index contributed by atoms with van der Waals surface area (Å²) in [5.41, 5.74) is 1.10. The number of aliphatic hydroxyl groups is 1. The van der Waals surface area contributed by atoms with Gasteiger partial charge in [-0.25, -0.2) is 4.39 Å². The van der Waals surface area contributed by atoms with Crippen molar-refractivity contribution in [2.45, 2.75) is 6.04 Å². The molecule has 0 bridgehead atoms. The first-order valence-electron chi connectivity index (χ1n) is 8.61. The number of Topliss-reactive ketones (excluding diaryl/α,β-unsaturated/α-hetero) is 1. The van der Waals surface area contributed by atoms with Crippen molar-refractivity contribution in [3.63, 3.8) is 0 Å². The van der Waals surface area contributed by atoms with Crippen LogP contribution in [0.25, 0.3) is 5.76 Å². The molecule has 28 heavy (non-hydrogen) atoms. The minimum atomic E-state index is -0.898. The molecule has 0 aliphatic carbocycles. The first kappa shape index (κ1) is 17.6. The van der Waals surface area contributed by atoms with Crippen LogP contribution in [0.5, 0.6) is 0 Å². The molecule has 6 heteroatoms. The number of hydrogen-bond acceptors (Lipinski definition) is 4. The quantitative estimate of drug-likeness (QED) is 0.430. The maximum absolute atomic E-state index is 13.4. The topological polar surface area (TPSA) is 70.5 Å². The van der Waals surface area contributed by atoms with Gasteiger partial charge in [0.2, 0.25) is 0 Å². The lowest BCUT2D eigenvalue weighted by Gasteiger charge is -2.25. The Morgan fingerprint density at radius 3 is 2.25 bits per heavy atom. The molecule has 0 saturated carbocycles. The number of aromatic nitrogens is 1. The minimum absolute atomic E-state index is 0.0841. The van der Waals surface area contributed by atoms with E-state index in [1.54, 1.807) is 48.5 Å². The van der Waals surface area contributed by atoms with Crippen molar-refractivity contribution in [1.29, 1.82) is 0 Å². The Labute approximate surface area is 160 Å². The fraction of sp³-hybridized carbons (Fsp3) is 0.0455. The van der Waals surface area contributed by atoms with Crippen molar-refractivity contribution in [3.8, 4) is 0 Å². The van der Waals surface area contributed by atoms with Gasteiger partial charge in [0.15, 0.2) is 5.76 Å². The number of amides is 1. The van der Waals surface area contributed by atoms with Crippen LogP contribution in [0.2, 0.25) is 0 Å². The lowest BCUT2D eigenvalue weighted by Crippen LogP contribution is -2.29. The maximum atomic E-state index is 13.4. The van der Waals surface area contributed by atoms with Crippen LogP contribution in [0, 0.1) is 5.82 Å². The Hall–Kier alpha value is -3.80. The Kier molecular flexibility index (Phi) is 4.45. The van der Waals surface area contributed by atoms with Gasteiger partial charge in [-0.15, -0.1) is 0 Å². The molecule has 138 valence electrons. The molecule has 1 aromatic heterocycles. The first-order valence-corrected chi connectivity index (χ1v) is 8.61. The normalized spacial score (nSPS) is 18.5. The van der Waals surface area contributed by atoms with Crippen LogP contribution in [-0.4, -0.2) is 21.8 Å². The second-order valence-corrected chi connectivity index (χ2v) is 6.27. The number of benzene rings is 2. The van der Waals surface area contributed by atoms with Gasteiger partial charge in [0.05, 0.1) is 11.6 Å². The third-order valence-electron chi connectivity index (χ3n) is 4.57. The summed E-state index contributed by atoms with van der Waals surface area (Å²) < 4.78 is 13.4. The van der Waals surface area contributed by atoms with E-state index in [9.17, 15) is 19.1 Å². The summed E-state index contributed by atoms with van der Waals surface area (Å²) in [5.74, 6) is -2.39. The van der Waals surface area contributed by atoms with Crippen molar-refractivity contribution in [3.05, 3.63) is 102 Å². The standard InChI is InChI=1S/C22H15FN2O3/c23-15-11-9-14(10-12-15)19-18(20(26)17-8-4-5-13-24-17)21(27)22(28)25(19)16-6-2-1-3-7-16/h1-13,19,26H/b20-18-. The largest absolute Gasteiger partial charge is 0.505 e. The average Bonchev–Trinajstić information content (AvgIpc) is 3.00. The van der Waals surface area contributed by atoms with Crippen LogP contribution in [0.15, 0.2) is 84.6 Å². The summed E-state index contributed by atoms with van der Waals surface area (Å²) in [7, 11) is 0. The van der Waals surface area contributed by atoms with Gasteiger partial charge in [-0.3, -0.25) is 19.5 Å². The van der Waals surface area contributed by atoms with Crippen molar-refractivity contribution < 1.29 is 19.1 Å². The van der Waals surface area contributed by atoms with E-state index in [2.05, 4.69) is 4.98 Å². The molecule has 0 spiro atoms. The third kappa shape index (κ3) is 2.95. The maximum Gasteiger partial charge on any atom is 0.300 e. The molecule has 1 fully saturated rings. The number of anilines is 1. The zero-order valence-electron chi connectivity index (χ0n) is 14.6. The molecule has 1 aliphatic heterocycles. The van der Waals surface area contributed by atoms with E-state index in [-0.39, 0.29) is 17.0 Å². The number of aliphatic hydroxyl groups excluding tert-OH is 1. The molecule has 0 radical (unpaired) electrons. The fourth-order valence-corrected chi connectivity index (χ4v) is 3.29. The number of nitrogens with zero attached hydrogens (tertiary/aromatic N) is 2. The van der Waals surface area contributed by atoms with E-state index in [1.807, 2.05) is 0 Å². The van der Waals surface area contributed by atoms with Gasteiger partial charge in [0, 0.05) is 11.9 Å². The van der Waals surface area contributed by atoms with Gasteiger partial charge in [-0.2, -0.15) is 0 Å². The average molecular weight is 374 g/mol. The number of hydrogen-bond donors (Lipinski definition) is 1. The van der Waals surface area contributed by atoms with Gasteiger partial charge >= 0.3 is 0 Å². The number of halogens is 1. The van der Waals surface area contributed by atoms with Crippen LogP contribution in [0.3, 0.4) is 0 Å². The second-order valence-electron chi connectivity index (χ2n) is 6.27. The van der Waals surface area contributed by atoms with E-state index in [0.717, 1.165) is 0 Å². The lowest BCUT2D eigenvalue weighted by atomic mass is 9.96. The summed E-state index contributed by atoms with van der Waals surface area (Å²) in [4.78, 5) is 31.1. The Balaban J connectivity index is 1.95. The van der Waals surface area contributed by atoms with Gasteiger partial charge in [-0.05, 0) is 42.0 Å². The third-order valence-corrected chi connectivity index (χ3v) is 4.57. The van der Waals surface area contributed by atoms with Crippen molar-refractivity contribution >= 4 is 23.1 Å². The van der Waals surface area contributed by atoms with E-state index in [1.165, 1.54) is 35.4 Å². The molecule has 1 aliphatic rings. The summed E-state index contributed by atoms with van der Waals surface area (Å²) >= 11 is 0. The molecule has 2 aromatic carbocycles. The van der Waals surface area contributed by atoms with Crippen LogP contribution in [0.4, 0.5) is 10.1 Å². The summed E-state index contributed by atoms with van der Waals surface area (Å²) in [5, 5.41) is 10.8. The zero-order valence-corrected chi connectivity index (χ0v) is 14.6. The summed E-state index contributed by atoms with van der Waals surface area (Å²) in [6.07, 6.45) is 1.48.